The summed E-state index contributed by atoms with van der Waals surface area (Å²) in [5.41, 5.74) is 0.350. The van der Waals surface area contributed by atoms with E-state index in [1.807, 2.05) is 0 Å². The fourth-order valence-electron chi connectivity index (χ4n) is 1.24. The molecule has 4 nitrogen and oxygen atoms in total. The lowest BCUT2D eigenvalue weighted by molar-refractivity contribution is -0.124. The van der Waals surface area contributed by atoms with Crippen molar-refractivity contribution < 1.29 is 14.0 Å². The molecule has 1 aromatic carbocycles. The van der Waals surface area contributed by atoms with Crippen LogP contribution < -0.4 is 10.6 Å². The fourth-order valence-corrected chi connectivity index (χ4v) is 1.68. The molecule has 1 aromatic rings. The first-order valence-electron chi connectivity index (χ1n) is 5.08. The molecule has 7 heteroatoms. The number of anilines is 1. The van der Waals surface area contributed by atoms with Crippen LogP contribution in [0.1, 0.15) is 6.92 Å². The van der Waals surface area contributed by atoms with Gasteiger partial charge < -0.3 is 10.6 Å². The second-order valence-electron chi connectivity index (χ2n) is 3.55. The second-order valence-corrected chi connectivity index (χ2v) is 4.33. The van der Waals surface area contributed by atoms with E-state index in [0.717, 1.165) is 6.07 Å². The van der Waals surface area contributed by atoms with Gasteiger partial charge in [-0.3, -0.25) is 9.59 Å². The van der Waals surface area contributed by atoms with Crippen molar-refractivity contribution in [2.45, 2.75) is 13.0 Å². The van der Waals surface area contributed by atoms with Crippen LogP contribution >= 0.6 is 24.2 Å². The van der Waals surface area contributed by atoms with Crippen LogP contribution in [0.2, 0.25) is 5.02 Å². The number of hydrogen-bond acceptors (Lipinski definition) is 3. The van der Waals surface area contributed by atoms with Crippen LogP contribution in [-0.4, -0.2) is 23.6 Å². The SMILES string of the molecule is CC(=O)NC(CS)C(=O)Nc1ccc(F)c(Cl)c1. The molecule has 0 spiro atoms. The Labute approximate surface area is 114 Å². The highest BCUT2D eigenvalue weighted by atomic mass is 35.5. The minimum absolute atomic E-state index is 0.0882. The first-order valence-corrected chi connectivity index (χ1v) is 6.09. The minimum atomic E-state index is -0.755. The summed E-state index contributed by atoms with van der Waals surface area (Å²) in [6.45, 7) is 1.30. The van der Waals surface area contributed by atoms with Gasteiger partial charge in [-0.25, -0.2) is 4.39 Å². The van der Waals surface area contributed by atoms with Crippen LogP contribution in [0.3, 0.4) is 0 Å². The number of carbonyl (C=O) groups is 2. The molecule has 0 aliphatic heterocycles. The van der Waals surface area contributed by atoms with Gasteiger partial charge in [0, 0.05) is 18.4 Å². The smallest absolute Gasteiger partial charge is 0.247 e. The molecule has 2 N–H and O–H groups in total. The third-order valence-corrected chi connectivity index (χ3v) is 2.72. The summed E-state index contributed by atoms with van der Waals surface area (Å²) in [5.74, 6) is -1.19. The Morgan fingerprint density at radius 3 is 2.67 bits per heavy atom. The van der Waals surface area contributed by atoms with Crippen molar-refractivity contribution in [1.29, 1.82) is 0 Å². The Balaban J connectivity index is 2.73. The summed E-state index contributed by atoms with van der Waals surface area (Å²) in [7, 11) is 0. The number of nitrogens with one attached hydrogen (secondary N) is 2. The maximum absolute atomic E-state index is 12.9. The van der Waals surface area contributed by atoms with Crippen molar-refractivity contribution in [3.05, 3.63) is 29.0 Å². The predicted molar refractivity (Wildman–Crippen MR) is 71.5 cm³/mol. The van der Waals surface area contributed by atoms with E-state index in [-0.39, 0.29) is 16.7 Å². The fraction of sp³-hybridized carbons (Fsp3) is 0.273. The molecule has 0 aromatic heterocycles. The molecular weight excluding hydrogens is 279 g/mol. The Morgan fingerprint density at radius 2 is 2.17 bits per heavy atom. The van der Waals surface area contributed by atoms with E-state index in [1.165, 1.54) is 19.1 Å². The molecule has 1 rings (SSSR count). The number of hydrogen-bond donors (Lipinski definition) is 3. The van der Waals surface area contributed by atoms with E-state index in [0.29, 0.717) is 5.69 Å². The second kappa shape index (κ2) is 6.61. The normalized spacial score (nSPS) is 11.8. The van der Waals surface area contributed by atoms with E-state index >= 15 is 0 Å². The number of amides is 2. The van der Waals surface area contributed by atoms with Crippen LogP contribution in [0.25, 0.3) is 0 Å². The molecule has 0 radical (unpaired) electrons. The zero-order valence-electron chi connectivity index (χ0n) is 9.54. The van der Waals surface area contributed by atoms with Crippen molar-refractivity contribution in [2.75, 3.05) is 11.1 Å². The van der Waals surface area contributed by atoms with E-state index in [1.54, 1.807) is 0 Å². The molecule has 0 fully saturated rings. The lowest BCUT2D eigenvalue weighted by Crippen LogP contribution is -2.44. The molecule has 1 unspecified atom stereocenters. The van der Waals surface area contributed by atoms with Crippen LogP contribution in [-0.2, 0) is 9.59 Å². The van der Waals surface area contributed by atoms with Crippen molar-refractivity contribution in [3.63, 3.8) is 0 Å². The molecule has 0 aliphatic rings. The average molecular weight is 291 g/mol. The summed E-state index contributed by atoms with van der Waals surface area (Å²) < 4.78 is 12.9. The van der Waals surface area contributed by atoms with Gasteiger partial charge in [0.15, 0.2) is 0 Å². The number of carbonyl (C=O) groups excluding carboxylic acids is 2. The predicted octanol–water partition coefficient (Wildman–Crippen LogP) is 1.85. The zero-order valence-corrected chi connectivity index (χ0v) is 11.2. The van der Waals surface area contributed by atoms with Gasteiger partial charge in [0.25, 0.3) is 0 Å². The number of rotatable bonds is 4. The lowest BCUT2D eigenvalue weighted by atomic mass is 10.2. The van der Waals surface area contributed by atoms with Crippen molar-refractivity contribution in [1.82, 2.24) is 5.32 Å². The van der Waals surface area contributed by atoms with Crippen molar-refractivity contribution in [2.24, 2.45) is 0 Å². The zero-order chi connectivity index (χ0) is 13.7. The van der Waals surface area contributed by atoms with Gasteiger partial charge in [-0.05, 0) is 18.2 Å². The first-order chi connectivity index (χ1) is 8.43. The van der Waals surface area contributed by atoms with Gasteiger partial charge in [-0.15, -0.1) is 0 Å². The summed E-state index contributed by atoms with van der Waals surface area (Å²) >= 11 is 9.55. The maximum atomic E-state index is 12.9. The number of halogens is 2. The van der Waals surface area contributed by atoms with Crippen LogP contribution in [0.4, 0.5) is 10.1 Å². The Hall–Kier alpha value is -1.27. The molecule has 18 heavy (non-hydrogen) atoms. The molecular formula is C11H12ClFN2O2S. The summed E-state index contributed by atoms with van der Waals surface area (Å²) in [6.07, 6.45) is 0. The summed E-state index contributed by atoms with van der Waals surface area (Å²) in [4.78, 5) is 22.6. The first kappa shape index (κ1) is 14.8. The lowest BCUT2D eigenvalue weighted by Gasteiger charge is -2.15. The summed E-state index contributed by atoms with van der Waals surface area (Å²) in [6, 6.07) is 3.06. The Morgan fingerprint density at radius 1 is 1.50 bits per heavy atom. The average Bonchev–Trinajstić information content (AvgIpc) is 2.30. The quantitative estimate of drug-likeness (QED) is 0.741. The van der Waals surface area contributed by atoms with Gasteiger partial charge >= 0.3 is 0 Å². The molecule has 98 valence electrons. The maximum Gasteiger partial charge on any atom is 0.247 e. The minimum Gasteiger partial charge on any atom is -0.344 e. The van der Waals surface area contributed by atoms with E-state index in [4.69, 9.17) is 11.6 Å². The standard InChI is InChI=1S/C11H12ClFN2O2S/c1-6(16)14-10(5-18)11(17)15-7-2-3-9(13)8(12)4-7/h2-4,10,18H,5H2,1H3,(H,14,16)(H,15,17). The molecule has 1 atom stereocenters. The molecule has 0 saturated heterocycles. The van der Waals surface area contributed by atoms with Crippen LogP contribution in [0, 0.1) is 5.82 Å². The van der Waals surface area contributed by atoms with Gasteiger partial charge in [-0.1, -0.05) is 11.6 Å². The van der Waals surface area contributed by atoms with E-state index in [9.17, 15) is 14.0 Å². The topological polar surface area (TPSA) is 58.2 Å². The highest BCUT2D eigenvalue weighted by Crippen LogP contribution is 2.19. The van der Waals surface area contributed by atoms with Crippen molar-refractivity contribution in [3.8, 4) is 0 Å². The Bertz CT molecular complexity index is 470. The largest absolute Gasteiger partial charge is 0.344 e. The van der Waals surface area contributed by atoms with Gasteiger partial charge in [0.1, 0.15) is 11.9 Å². The number of benzene rings is 1. The highest BCUT2D eigenvalue weighted by molar-refractivity contribution is 7.80. The van der Waals surface area contributed by atoms with Gasteiger partial charge in [0.2, 0.25) is 11.8 Å². The molecule has 2 amide bonds. The molecule has 0 saturated carbocycles. The number of thiol groups is 1. The molecule has 0 bridgehead atoms. The summed E-state index contributed by atoms with van der Waals surface area (Å²) in [5, 5.41) is 4.87. The Kier molecular flexibility index (Phi) is 5.43. The van der Waals surface area contributed by atoms with E-state index < -0.39 is 17.8 Å². The van der Waals surface area contributed by atoms with Gasteiger partial charge in [-0.2, -0.15) is 12.6 Å². The highest BCUT2D eigenvalue weighted by Gasteiger charge is 2.17. The van der Waals surface area contributed by atoms with E-state index in [2.05, 4.69) is 23.3 Å². The van der Waals surface area contributed by atoms with Crippen LogP contribution in [0.15, 0.2) is 18.2 Å². The van der Waals surface area contributed by atoms with Crippen molar-refractivity contribution >= 4 is 41.7 Å². The van der Waals surface area contributed by atoms with Crippen LogP contribution in [0.5, 0.6) is 0 Å². The monoisotopic (exact) mass is 290 g/mol. The third-order valence-electron chi connectivity index (χ3n) is 2.06. The molecule has 0 heterocycles. The third kappa shape index (κ3) is 4.19. The van der Waals surface area contributed by atoms with Gasteiger partial charge in [0.05, 0.1) is 5.02 Å². The molecule has 0 aliphatic carbocycles.